The van der Waals surface area contributed by atoms with Crippen LogP contribution in [0.25, 0.3) is 0 Å². The molecule has 0 saturated heterocycles. The van der Waals surface area contributed by atoms with Crippen molar-refractivity contribution in [3.8, 4) is 0 Å². The molecule has 17 heavy (non-hydrogen) atoms. The molecule has 1 atom stereocenters. The standard InChI is InChI=1S/C15H31NO/c1-6-13(11-17-5)16-14-9-7-12(8-10-14)15(2,3)4/h12-14,16H,6-11H2,1-5H3. The number of nitrogens with one attached hydrogen (secondary N) is 1. The summed E-state index contributed by atoms with van der Waals surface area (Å²) in [6.07, 6.45) is 6.59. The first-order chi connectivity index (χ1) is 7.97. The zero-order valence-corrected chi connectivity index (χ0v) is 12.4. The second-order valence-electron chi connectivity index (χ2n) is 6.64. The molecule has 1 unspecified atom stereocenters. The largest absolute Gasteiger partial charge is 0.383 e. The van der Waals surface area contributed by atoms with E-state index in [1.54, 1.807) is 7.11 Å². The van der Waals surface area contributed by atoms with Gasteiger partial charge in [0.2, 0.25) is 0 Å². The first-order valence-corrected chi connectivity index (χ1v) is 7.22. The molecule has 2 nitrogen and oxygen atoms in total. The van der Waals surface area contributed by atoms with Crippen LogP contribution in [0.4, 0.5) is 0 Å². The topological polar surface area (TPSA) is 21.3 Å². The molecule has 1 N–H and O–H groups in total. The molecule has 1 aliphatic carbocycles. The van der Waals surface area contributed by atoms with Gasteiger partial charge in [0, 0.05) is 19.2 Å². The summed E-state index contributed by atoms with van der Waals surface area (Å²) in [5.41, 5.74) is 0.488. The Morgan fingerprint density at radius 1 is 1.18 bits per heavy atom. The third kappa shape index (κ3) is 4.97. The Hall–Kier alpha value is -0.0800. The van der Waals surface area contributed by atoms with E-state index in [0.29, 0.717) is 17.5 Å². The van der Waals surface area contributed by atoms with Crippen LogP contribution >= 0.6 is 0 Å². The lowest BCUT2D eigenvalue weighted by Crippen LogP contribution is -2.43. The molecule has 2 heteroatoms. The normalized spacial score (nSPS) is 28.1. The summed E-state index contributed by atoms with van der Waals surface area (Å²) in [7, 11) is 1.79. The molecule has 0 aliphatic heterocycles. The van der Waals surface area contributed by atoms with Gasteiger partial charge in [0.15, 0.2) is 0 Å². The second kappa shape index (κ2) is 6.75. The smallest absolute Gasteiger partial charge is 0.0615 e. The lowest BCUT2D eigenvalue weighted by atomic mass is 9.71. The Balaban J connectivity index is 2.31. The average molecular weight is 241 g/mol. The fraction of sp³-hybridized carbons (Fsp3) is 1.00. The Bertz CT molecular complexity index is 201. The van der Waals surface area contributed by atoms with Gasteiger partial charge in [0.25, 0.3) is 0 Å². The van der Waals surface area contributed by atoms with Gasteiger partial charge in [-0.25, -0.2) is 0 Å². The number of ether oxygens (including phenoxy) is 1. The van der Waals surface area contributed by atoms with Crippen molar-refractivity contribution in [3.05, 3.63) is 0 Å². The maximum atomic E-state index is 5.25. The second-order valence-corrected chi connectivity index (χ2v) is 6.64. The van der Waals surface area contributed by atoms with Crippen molar-refractivity contribution in [1.82, 2.24) is 5.32 Å². The van der Waals surface area contributed by atoms with Crippen molar-refractivity contribution < 1.29 is 4.74 Å². The van der Waals surface area contributed by atoms with Gasteiger partial charge in [-0.3, -0.25) is 0 Å². The molecule has 0 heterocycles. The lowest BCUT2D eigenvalue weighted by molar-refractivity contribution is 0.130. The van der Waals surface area contributed by atoms with Crippen LogP contribution in [0, 0.1) is 11.3 Å². The van der Waals surface area contributed by atoms with Gasteiger partial charge < -0.3 is 10.1 Å². The molecule has 0 bridgehead atoms. The van der Waals surface area contributed by atoms with Crippen molar-refractivity contribution in [2.45, 2.75) is 71.9 Å². The van der Waals surface area contributed by atoms with Crippen molar-refractivity contribution in [2.75, 3.05) is 13.7 Å². The summed E-state index contributed by atoms with van der Waals surface area (Å²) in [5.74, 6) is 0.906. The average Bonchev–Trinajstić information content (AvgIpc) is 2.28. The third-order valence-electron chi connectivity index (χ3n) is 4.28. The lowest BCUT2D eigenvalue weighted by Gasteiger charge is -2.38. The Labute approximate surface area is 108 Å². The molecular formula is C15H31NO. The van der Waals surface area contributed by atoms with Gasteiger partial charge in [-0.15, -0.1) is 0 Å². The van der Waals surface area contributed by atoms with Gasteiger partial charge >= 0.3 is 0 Å². The highest BCUT2D eigenvalue weighted by Crippen LogP contribution is 2.37. The highest BCUT2D eigenvalue weighted by molar-refractivity contribution is 4.84. The minimum absolute atomic E-state index is 0.488. The summed E-state index contributed by atoms with van der Waals surface area (Å²) >= 11 is 0. The van der Waals surface area contributed by atoms with E-state index in [1.165, 1.54) is 25.7 Å². The molecule has 1 rings (SSSR count). The van der Waals surface area contributed by atoms with Crippen molar-refractivity contribution >= 4 is 0 Å². The minimum Gasteiger partial charge on any atom is -0.383 e. The molecule has 0 aromatic rings. The quantitative estimate of drug-likeness (QED) is 0.794. The molecule has 1 fully saturated rings. The Kier molecular flexibility index (Phi) is 5.94. The van der Waals surface area contributed by atoms with Crippen molar-refractivity contribution in [3.63, 3.8) is 0 Å². The monoisotopic (exact) mass is 241 g/mol. The SMILES string of the molecule is CCC(COC)NC1CCC(C(C)(C)C)CC1. The summed E-state index contributed by atoms with van der Waals surface area (Å²) in [5, 5.41) is 3.75. The first kappa shape index (κ1) is 15.0. The fourth-order valence-corrected chi connectivity index (χ4v) is 2.94. The summed E-state index contributed by atoms with van der Waals surface area (Å²) in [6, 6.07) is 1.25. The van der Waals surface area contributed by atoms with E-state index >= 15 is 0 Å². The van der Waals surface area contributed by atoms with E-state index in [9.17, 15) is 0 Å². The van der Waals surface area contributed by atoms with Crippen LogP contribution in [0.15, 0.2) is 0 Å². The molecule has 1 saturated carbocycles. The van der Waals surface area contributed by atoms with E-state index in [4.69, 9.17) is 4.74 Å². The number of hydrogen-bond acceptors (Lipinski definition) is 2. The van der Waals surface area contributed by atoms with E-state index < -0.39 is 0 Å². The predicted molar refractivity (Wildman–Crippen MR) is 74.3 cm³/mol. The molecule has 102 valence electrons. The van der Waals surface area contributed by atoms with Gasteiger partial charge in [-0.1, -0.05) is 27.7 Å². The van der Waals surface area contributed by atoms with E-state index in [2.05, 4.69) is 33.0 Å². The van der Waals surface area contributed by atoms with Crippen molar-refractivity contribution in [2.24, 2.45) is 11.3 Å². The third-order valence-corrected chi connectivity index (χ3v) is 4.28. The van der Waals surface area contributed by atoms with E-state index in [1.807, 2.05) is 0 Å². The van der Waals surface area contributed by atoms with E-state index in [-0.39, 0.29) is 0 Å². The Morgan fingerprint density at radius 3 is 2.18 bits per heavy atom. The molecule has 0 radical (unpaired) electrons. The number of methoxy groups -OCH3 is 1. The predicted octanol–water partition coefficient (Wildman–Crippen LogP) is 3.61. The van der Waals surface area contributed by atoms with Gasteiger partial charge in [0.05, 0.1) is 6.61 Å². The van der Waals surface area contributed by atoms with Crippen LogP contribution in [0.5, 0.6) is 0 Å². The maximum absolute atomic E-state index is 5.25. The van der Waals surface area contributed by atoms with Crippen molar-refractivity contribution in [1.29, 1.82) is 0 Å². The molecule has 0 amide bonds. The summed E-state index contributed by atoms with van der Waals surface area (Å²) in [4.78, 5) is 0. The van der Waals surface area contributed by atoms with Crippen LogP contribution in [-0.2, 0) is 4.74 Å². The highest BCUT2D eigenvalue weighted by Gasteiger charge is 2.30. The van der Waals surface area contributed by atoms with Crippen LogP contribution < -0.4 is 5.32 Å². The van der Waals surface area contributed by atoms with Gasteiger partial charge in [-0.05, 0) is 43.4 Å². The first-order valence-electron chi connectivity index (χ1n) is 7.22. The van der Waals surface area contributed by atoms with Gasteiger partial charge in [-0.2, -0.15) is 0 Å². The van der Waals surface area contributed by atoms with Crippen LogP contribution in [0.2, 0.25) is 0 Å². The summed E-state index contributed by atoms with van der Waals surface area (Å²) in [6.45, 7) is 10.2. The highest BCUT2D eigenvalue weighted by atomic mass is 16.5. The minimum atomic E-state index is 0.488. The molecule has 0 aromatic heterocycles. The van der Waals surface area contributed by atoms with Crippen LogP contribution in [0.1, 0.15) is 59.8 Å². The molecule has 0 spiro atoms. The summed E-state index contributed by atoms with van der Waals surface area (Å²) < 4.78 is 5.25. The zero-order chi connectivity index (χ0) is 12.9. The molecule has 0 aromatic carbocycles. The Morgan fingerprint density at radius 2 is 1.76 bits per heavy atom. The molecule has 1 aliphatic rings. The fourth-order valence-electron chi connectivity index (χ4n) is 2.94. The number of hydrogen-bond donors (Lipinski definition) is 1. The number of rotatable bonds is 5. The van der Waals surface area contributed by atoms with Gasteiger partial charge in [0.1, 0.15) is 0 Å². The zero-order valence-electron chi connectivity index (χ0n) is 12.4. The van der Waals surface area contributed by atoms with E-state index in [0.717, 1.165) is 18.9 Å². The maximum Gasteiger partial charge on any atom is 0.0615 e. The van der Waals surface area contributed by atoms with Crippen LogP contribution in [0.3, 0.4) is 0 Å². The molecular weight excluding hydrogens is 210 g/mol. The van der Waals surface area contributed by atoms with Crippen LogP contribution in [-0.4, -0.2) is 25.8 Å².